The number of benzene rings is 3. The summed E-state index contributed by atoms with van der Waals surface area (Å²) in [4.78, 5) is 58.7. The lowest BCUT2D eigenvalue weighted by Gasteiger charge is -2.25. The van der Waals surface area contributed by atoms with Crippen LogP contribution in [0.15, 0.2) is 84.9 Å². The van der Waals surface area contributed by atoms with Crippen molar-refractivity contribution in [3.8, 4) is 67.9 Å². The van der Waals surface area contributed by atoms with Crippen LogP contribution in [0.5, 0.6) is 34.5 Å². The Hall–Kier alpha value is -7.84. The van der Waals surface area contributed by atoms with Gasteiger partial charge in [0.2, 0.25) is 0 Å². The molecule has 0 fully saturated rings. The molecule has 19 heteroatoms. The number of carbonyl (C=O) groups is 3. The Labute approximate surface area is 443 Å². The predicted octanol–water partition coefficient (Wildman–Crippen LogP) is 7.39. The van der Waals surface area contributed by atoms with Crippen LogP contribution in [0.4, 0.5) is 0 Å². The van der Waals surface area contributed by atoms with Crippen molar-refractivity contribution in [2.75, 3.05) is 74.4 Å². The second-order valence-corrected chi connectivity index (χ2v) is 18.2. The standard InChI is InChI=1S/C57H67N7O12/c1-8-62-27-43-20-39(56-36(3)17-48(24-50(56)70-4)76-35-55(69)73-7)21-45(60-43)31-63(33-53(65)66)29-41-18-38(37-11-13-47(14-12-37)75-16-10-15-58)19-42(59-41)30-64(34-54(67)68)32-46-23-40(22-44(28-62)61-46)57-51(71-5)25-49(74-9-2)26-52(57)72-6/h11-14,17-26H,8-10,15-16,27-35,58H2,1-7H3,(H,65,66)(H,67,68). The van der Waals surface area contributed by atoms with E-state index >= 15 is 0 Å². The van der Waals surface area contributed by atoms with Gasteiger partial charge in [-0.15, -0.1) is 0 Å². The van der Waals surface area contributed by atoms with Crippen LogP contribution >= 0.6 is 0 Å². The summed E-state index contributed by atoms with van der Waals surface area (Å²) in [5.74, 6) is 0.570. The molecule has 1 aliphatic heterocycles. The van der Waals surface area contributed by atoms with Gasteiger partial charge in [0, 0.05) is 63.0 Å². The first-order chi connectivity index (χ1) is 36.7. The van der Waals surface area contributed by atoms with Crippen LogP contribution in [0.1, 0.15) is 60.0 Å². The van der Waals surface area contributed by atoms with E-state index in [1.54, 1.807) is 37.2 Å². The molecule has 0 atom stereocenters. The number of aryl methyl sites for hydroxylation is 1. The average Bonchev–Trinajstić information content (AvgIpc) is 3.39. The number of carboxylic acids is 2. The van der Waals surface area contributed by atoms with Gasteiger partial charge in [0.1, 0.15) is 34.5 Å². The minimum absolute atomic E-state index is 0.0992. The molecule has 19 nitrogen and oxygen atoms in total. The molecule has 0 radical (unpaired) electrons. The third-order valence-corrected chi connectivity index (χ3v) is 12.5. The van der Waals surface area contributed by atoms with Crippen LogP contribution < -0.4 is 34.2 Å². The van der Waals surface area contributed by atoms with Crippen molar-refractivity contribution in [3.63, 3.8) is 0 Å². The van der Waals surface area contributed by atoms with Gasteiger partial charge in [-0.2, -0.15) is 0 Å². The molecule has 3 aromatic heterocycles. The summed E-state index contributed by atoms with van der Waals surface area (Å²) in [6, 6.07) is 26.5. The number of ether oxygens (including phenoxy) is 7. The van der Waals surface area contributed by atoms with Crippen molar-refractivity contribution in [1.29, 1.82) is 0 Å². The maximum atomic E-state index is 12.7. The first-order valence-electron chi connectivity index (χ1n) is 25.0. The van der Waals surface area contributed by atoms with Crippen LogP contribution in [0.2, 0.25) is 0 Å². The normalized spacial score (nSPS) is 13.5. The third kappa shape index (κ3) is 14.9. The Kier molecular flexibility index (Phi) is 19.6. The van der Waals surface area contributed by atoms with Gasteiger partial charge < -0.3 is 49.1 Å². The van der Waals surface area contributed by atoms with Crippen molar-refractivity contribution in [2.24, 2.45) is 5.73 Å². The molecule has 6 aromatic rings. The first-order valence-corrected chi connectivity index (χ1v) is 25.0. The molecule has 6 bridgehead atoms. The number of nitrogens with zero attached hydrogens (tertiary/aromatic N) is 6. The van der Waals surface area contributed by atoms with E-state index in [9.17, 15) is 24.6 Å². The quantitative estimate of drug-likeness (QED) is 0.0500. The molecule has 0 amide bonds. The van der Waals surface area contributed by atoms with Crippen LogP contribution in [-0.4, -0.2) is 132 Å². The fourth-order valence-electron chi connectivity index (χ4n) is 9.24. The Balaban J connectivity index is 1.42. The molecule has 0 unspecified atom stereocenters. The Morgan fingerprint density at radius 3 is 1.39 bits per heavy atom. The highest BCUT2D eigenvalue weighted by Crippen LogP contribution is 2.43. The number of hydrogen-bond donors (Lipinski definition) is 3. The number of carboxylic acid groups (broad SMARTS) is 2. The van der Waals surface area contributed by atoms with E-state index in [2.05, 4.69) is 4.90 Å². The van der Waals surface area contributed by atoms with Gasteiger partial charge in [0.25, 0.3) is 0 Å². The summed E-state index contributed by atoms with van der Waals surface area (Å²) >= 11 is 0. The first kappa shape index (κ1) is 55.9. The van der Waals surface area contributed by atoms with Crippen LogP contribution in [0.3, 0.4) is 0 Å². The number of pyridine rings is 3. The van der Waals surface area contributed by atoms with Crippen LogP contribution in [-0.2, 0) is 58.4 Å². The van der Waals surface area contributed by atoms with E-state index in [1.165, 1.54) is 7.11 Å². The number of rotatable bonds is 20. The predicted molar refractivity (Wildman–Crippen MR) is 285 cm³/mol. The number of nitrogens with two attached hydrogens (primary N) is 1. The molecule has 1 aliphatic rings. The van der Waals surface area contributed by atoms with E-state index in [1.807, 2.05) is 99.6 Å². The van der Waals surface area contributed by atoms with Gasteiger partial charge in [0.05, 0.1) is 94.5 Å². The van der Waals surface area contributed by atoms with Crippen LogP contribution in [0, 0.1) is 6.92 Å². The number of esters is 1. The molecule has 4 heterocycles. The van der Waals surface area contributed by atoms with Gasteiger partial charge in [-0.3, -0.25) is 39.2 Å². The second-order valence-electron chi connectivity index (χ2n) is 18.2. The van der Waals surface area contributed by atoms with Crippen molar-refractivity contribution in [3.05, 3.63) is 125 Å². The zero-order chi connectivity index (χ0) is 54.3. The molecule has 0 saturated heterocycles. The number of aliphatic carboxylic acids is 2. The summed E-state index contributed by atoms with van der Waals surface area (Å²) in [5.41, 5.74) is 14.7. The molecule has 3 aromatic carbocycles. The number of fused-ring (bicyclic) bond motifs is 6. The number of carbonyl (C=O) groups excluding carboxylic acids is 1. The smallest absolute Gasteiger partial charge is 0.343 e. The highest BCUT2D eigenvalue weighted by molar-refractivity contribution is 5.79. The van der Waals surface area contributed by atoms with E-state index < -0.39 is 17.9 Å². The number of methoxy groups -OCH3 is 4. The van der Waals surface area contributed by atoms with E-state index in [-0.39, 0.29) is 45.9 Å². The summed E-state index contributed by atoms with van der Waals surface area (Å²) in [5, 5.41) is 20.8. The van der Waals surface area contributed by atoms with Gasteiger partial charge in [0.15, 0.2) is 6.61 Å². The molecule has 0 saturated carbocycles. The number of aromatic nitrogens is 3. The summed E-state index contributed by atoms with van der Waals surface area (Å²) in [6.45, 7) is 8.02. The van der Waals surface area contributed by atoms with Gasteiger partial charge in [-0.25, -0.2) is 4.79 Å². The topological polar surface area (TPSA) is 231 Å². The van der Waals surface area contributed by atoms with E-state index in [0.717, 1.165) is 33.4 Å². The monoisotopic (exact) mass is 1040 g/mol. The molecule has 0 aliphatic carbocycles. The third-order valence-electron chi connectivity index (χ3n) is 12.5. The molecule has 4 N–H and O–H groups in total. The summed E-state index contributed by atoms with van der Waals surface area (Å²) in [7, 11) is 6.02. The lowest BCUT2D eigenvalue weighted by Crippen LogP contribution is -2.31. The largest absolute Gasteiger partial charge is 0.496 e. The fraction of sp³-hybridized carbons (Fsp3) is 0.368. The van der Waals surface area contributed by atoms with Crippen molar-refractivity contribution < 1.29 is 57.8 Å². The van der Waals surface area contributed by atoms with Gasteiger partial charge in [-0.05, 0) is 116 Å². The lowest BCUT2D eigenvalue weighted by atomic mass is 9.97. The highest BCUT2D eigenvalue weighted by Gasteiger charge is 2.24. The van der Waals surface area contributed by atoms with Gasteiger partial charge in [-0.1, -0.05) is 19.1 Å². The highest BCUT2D eigenvalue weighted by atomic mass is 16.6. The zero-order valence-electron chi connectivity index (χ0n) is 44.2. The Bertz CT molecular complexity index is 2960. The molecule has 0 spiro atoms. The molecule has 7 rings (SSSR count). The lowest BCUT2D eigenvalue weighted by molar-refractivity contribution is -0.143. The Morgan fingerprint density at radius 2 is 0.974 bits per heavy atom. The molecular formula is C57H67N7O12. The minimum atomic E-state index is -1.04. The molecule has 402 valence electrons. The van der Waals surface area contributed by atoms with E-state index in [4.69, 9.17) is 53.8 Å². The zero-order valence-corrected chi connectivity index (χ0v) is 44.2. The number of hydrogen-bond acceptors (Lipinski definition) is 17. The summed E-state index contributed by atoms with van der Waals surface area (Å²) in [6.07, 6.45) is 0.706. The maximum absolute atomic E-state index is 12.7. The van der Waals surface area contributed by atoms with E-state index in [0.29, 0.717) is 120 Å². The minimum Gasteiger partial charge on any atom is -0.496 e. The molecule has 76 heavy (non-hydrogen) atoms. The van der Waals surface area contributed by atoms with Crippen LogP contribution in [0.25, 0.3) is 33.4 Å². The van der Waals surface area contributed by atoms with Crippen molar-refractivity contribution in [1.82, 2.24) is 29.7 Å². The Morgan fingerprint density at radius 1 is 0.539 bits per heavy atom. The SMILES string of the molecule is CCOc1cc(OC)c(-c2cc3nc(c2)CN(CC(=O)O)Cc2cc(-c4ccc(OCCCN)cc4)cc(n2)CN(CC(=O)O)Cc2cc(-c4c(C)cc(OCC(=O)OC)cc4OC)cc(n2)CN(CC)C3)c(OC)c1. The average molecular weight is 1040 g/mol. The summed E-state index contributed by atoms with van der Waals surface area (Å²) < 4.78 is 40.3. The molecular weight excluding hydrogens is 975 g/mol. The van der Waals surface area contributed by atoms with Gasteiger partial charge >= 0.3 is 17.9 Å². The van der Waals surface area contributed by atoms with Crippen molar-refractivity contribution in [2.45, 2.75) is 66.5 Å². The maximum Gasteiger partial charge on any atom is 0.343 e. The second kappa shape index (κ2) is 26.6. The van der Waals surface area contributed by atoms with Crippen molar-refractivity contribution >= 4 is 17.9 Å². The fourth-order valence-corrected chi connectivity index (χ4v) is 9.24.